The molecule has 6 rings (SSSR count). The molecule has 0 bridgehead atoms. The first-order chi connectivity index (χ1) is 19.0. The first kappa shape index (κ1) is 25.4. The minimum Gasteiger partial charge on any atom is -0.405 e. The Morgan fingerprint density at radius 1 is 0.718 bits per heavy atom. The van der Waals surface area contributed by atoms with Crippen molar-refractivity contribution in [2.24, 2.45) is 0 Å². The molecule has 1 aliphatic rings. The fourth-order valence-electron chi connectivity index (χ4n) is 5.23. The van der Waals surface area contributed by atoms with Crippen LogP contribution in [0, 0.1) is 0 Å². The van der Waals surface area contributed by atoms with Crippen LogP contribution >= 0.6 is 7.26 Å². The number of halogens is 3. The van der Waals surface area contributed by atoms with Gasteiger partial charge in [-0.2, -0.15) is 0 Å². The second-order valence-corrected chi connectivity index (χ2v) is 13.2. The van der Waals surface area contributed by atoms with Crippen LogP contribution in [0.3, 0.4) is 0 Å². The molecule has 4 aromatic carbocycles. The topological polar surface area (TPSA) is 35.3 Å². The van der Waals surface area contributed by atoms with Gasteiger partial charge in [0.1, 0.15) is 46.5 Å². The standard InChI is InChI=1S/C32H26F3NO2P/c33-32(34,35)37-29-19-11-10-18-27(29)30-28(31(38-36-30)23-20-21-23)22-39(24-12-4-1-5-13-24,25-14-6-2-7-15-25)26-16-8-3-9-17-26/h1-19,23H,20-22H2/q+1. The Kier molecular flexibility index (Phi) is 6.74. The highest BCUT2D eigenvalue weighted by molar-refractivity contribution is 7.95. The van der Waals surface area contributed by atoms with E-state index in [9.17, 15) is 13.2 Å². The summed E-state index contributed by atoms with van der Waals surface area (Å²) in [6.45, 7) is 0. The van der Waals surface area contributed by atoms with E-state index in [4.69, 9.17) is 4.52 Å². The number of benzene rings is 4. The maximum Gasteiger partial charge on any atom is 0.573 e. The van der Waals surface area contributed by atoms with Crippen molar-refractivity contribution in [3.63, 3.8) is 0 Å². The molecule has 0 spiro atoms. The zero-order valence-electron chi connectivity index (χ0n) is 21.0. The molecule has 1 saturated carbocycles. The monoisotopic (exact) mass is 544 g/mol. The van der Waals surface area contributed by atoms with Crippen molar-refractivity contribution in [2.45, 2.75) is 31.3 Å². The summed E-state index contributed by atoms with van der Waals surface area (Å²) in [5.74, 6) is 0.685. The highest BCUT2D eigenvalue weighted by Gasteiger charge is 2.48. The second-order valence-electron chi connectivity index (χ2n) is 9.67. The molecule has 0 atom stereocenters. The number of aromatic nitrogens is 1. The highest BCUT2D eigenvalue weighted by Crippen LogP contribution is 2.60. The number of alkyl halides is 3. The van der Waals surface area contributed by atoms with E-state index in [2.05, 4.69) is 46.3 Å². The van der Waals surface area contributed by atoms with Gasteiger partial charge in [-0.25, -0.2) is 0 Å². The van der Waals surface area contributed by atoms with Gasteiger partial charge < -0.3 is 9.26 Å². The summed E-state index contributed by atoms with van der Waals surface area (Å²) in [5, 5.41) is 7.93. The molecule has 0 unspecified atom stereocenters. The summed E-state index contributed by atoms with van der Waals surface area (Å²) < 4.78 is 50.4. The molecule has 0 aliphatic heterocycles. The smallest absolute Gasteiger partial charge is 0.405 e. The van der Waals surface area contributed by atoms with Gasteiger partial charge in [-0.1, -0.05) is 71.9 Å². The van der Waals surface area contributed by atoms with E-state index in [0.717, 1.165) is 24.2 Å². The Hall–Kier alpha value is -3.89. The van der Waals surface area contributed by atoms with Crippen LogP contribution in [0.15, 0.2) is 120 Å². The van der Waals surface area contributed by atoms with Crippen LogP contribution < -0.4 is 20.7 Å². The zero-order chi connectivity index (χ0) is 26.9. The van der Waals surface area contributed by atoms with Gasteiger partial charge in [0.25, 0.3) is 0 Å². The van der Waals surface area contributed by atoms with Crippen molar-refractivity contribution in [1.29, 1.82) is 0 Å². The molecule has 39 heavy (non-hydrogen) atoms. The molecule has 0 radical (unpaired) electrons. The van der Waals surface area contributed by atoms with Gasteiger partial charge in [0, 0.05) is 11.5 Å². The van der Waals surface area contributed by atoms with E-state index in [-0.39, 0.29) is 17.2 Å². The number of ether oxygens (including phenoxy) is 1. The fraction of sp³-hybridized carbons (Fsp3) is 0.156. The van der Waals surface area contributed by atoms with Crippen molar-refractivity contribution in [3.8, 4) is 17.0 Å². The normalized spacial score (nSPS) is 13.8. The Morgan fingerprint density at radius 3 is 1.69 bits per heavy atom. The van der Waals surface area contributed by atoms with Crippen LogP contribution in [0.2, 0.25) is 0 Å². The Balaban J connectivity index is 1.60. The summed E-state index contributed by atoms with van der Waals surface area (Å²) in [6.07, 6.45) is -2.34. The van der Waals surface area contributed by atoms with Crippen molar-refractivity contribution < 1.29 is 22.4 Å². The zero-order valence-corrected chi connectivity index (χ0v) is 21.9. The first-order valence-corrected chi connectivity index (χ1v) is 14.8. The third-order valence-electron chi connectivity index (χ3n) is 7.12. The third-order valence-corrected chi connectivity index (χ3v) is 11.5. The summed E-state index contributed by atoms with van der Waals surface area (Å²) >= 11 is 0. The summed E-state index contributed by atoms with van der Waals surface area (Å²) in [7, 11) is -2.35. The van der Waals surface area contributed by atoms with Crippen molar-refractivity contribution in [2.75, 3.05) is 0 Å². The maximum absolute atomic E-state index is 13.4. The molecule has 1 aromatic heterocycles. The summed E-state index contributed by atoms with van der Waals surface area (Å²) in [4.78, 5) is 0. The van der Waals surface area contributed by atoms with Crippen LogP contribution in [0.4, 0.5) is 13.2 Å². The number of hydrogen-bond acceptors (Lipinski definition) is 3. The maximum atomic E-state index is 13.4. The SMILES string of the molecule is FC(F)(F)Oc1ccccc1-c1noc(C2CC2)c1C[P+](c1ccccc1)(c1ccccc1)c1ccccc1. The van der Waals surface area contributed by atoms with E-state index in [0.29, 0.717) is 11.9 Å². The minimum absolute atomic E-state index is 0.209. The lowest BCUT2D eigenvalue weighted by Gasteiger charge is -2.28. The molecule has 1 aliphatic carbocycles. The van der Waals surface area contributed by atoms with E-state index in [1.807, 2.05) is 54.6 Å². The predicted octanol–water partition coefficient (Wildman–Crippen LogP) is 7.61. The van der Waals surface area contributed by atoms with E-state index < -0.39 is 13.6 Å². The fourth-order valence-corrected chi connectivity index (χ4v) is 9.50. The van der Waals surface area contributed by atoms with Gasteiger partial charge in [0.2, 0.25) is 0 Å². The van der Waals surface area contributed by atoms with E-state index in [1.165, 1.54) is 28.0 Å². The van der Waals surface area contributed by atoms with Crippen LogP contribution in [0.5, 0.6) is 5.75 Å². The minimum atomic E-state index is -4.83. The molecular formula is C32H26F3NO2P+. The average Bonchev–Trinajstić information content (AvgIpc) is 3.72. The van der Waals surface area contributed by atoms with Crippen LogP contribution in [0.25, 0.3) is 11.3 Å². The lowest BCUT2D eigenvalue weighted by molar-refractivity contribution is -0.274. The molecule has 0 saturated heterocycles. The van der Waals surface area contributed by atoms with Crippen molar-refractivity contribution in [1.82, 2.24) is 5.16 Å². The lowest BCUT2D eigenvalue weighted by atomic mass is 10.0. The Bertz CT molecular complexity index is 1450. The number of hydrogen-bond donors (Lipinski definition) is 0. The Labute approximate surface area is 225 Å². The largest absolute Gasteiger partial charge is 0.573 e. The molecule has 0 N–H and O–H groups in total. The number of nitrogens with zero attached hydrogens (tertiary/aromatic N) is 1. The summed E-state index contributed by atoms with van der Waals surface area (Å²) in [5.41, 5.74) is 1.53. The van der Waals surface area contributed by atoms with Crippen LogP contribution in [-0.4, -0.2) is 11.5 Å². The van der Waals surface area contributed by atoms with Gasteiger partial charge in [0.05, 0.1) is 5.56 Å². The summed E-state index contributed by atoms with van der Waals surface area (Å²) in [6, 6.07) is 37.3. The average molecular weight is 545 g/mol. The Morgan fingerprint density at radius 2 is 1.21 bits per heavy atom. The lowest BCUT2D eigenvalue weighted by Crippen LogP contribution is -2.32. The number of para-hydroxylation sites is 1. The van der Waals surface area contributed by atoms with Gasteiger partial charge in [-0.15, -0.1) is 13.2 Å². The van der Waals surface area contributed by atoms with Crippen molar-refractivity contribution >= 4 is 23.2 Å². The van der Waals surface area contributed by atoms with Crippen LogP contribution in [-0.2, 0) is 6.16 Å². The molecule has 196 valence electrons. The first-order valence-electron chi connectivity index (χ1n) is 12.8. The third kappa shape index (κ3) is 5.09. The molecule has 1 fully saturated rings. The number of rotatable bonds is 8. The molecule has 1 heterocycles. The van der Waals surface area contributed by atoms with E-state index >= 15 is 0 Å². The molecule has 7 heteroatoms. The van der Waals surface area contributed by atoms with Gasteiger partial charge in [0.15, 0.2) is 0 Å². The predicted molar refractivity (Wildman–Crippen MR) is 149 cm³/mol. The molecule has 3 nitrogen and oxygen atoms in total. The quantitative estimate of drug-likeness (QED) is 0.189. The molecular weight excluding hydrogens is 518 g/mol. The highest BCUT2D eigenvalue weighted by atomic mass is 31.2. The van der Waals surface area contributed by atoms with Crippen molar-refractivity contribution in [3.05, 3.63) is 127 Å². The van der Waals surface area contributed by atoms with Gasteiger partial charge in [-0.3, -0.25) is 0 Å². The molecule has 5 aromatic rings. The molecule has 0 amide bonds. The second kappa shape index (κ2) is 10.3. The van der Waals surface area contributed by atoms with Gasteiger partial charge in [-0.05, 0) is 61.4 Å². The van der Waals surface area contributed by atoms with Gasteiger partial charge >= 0.3 is 6.36 Å². The van der Waals surface area contributed by atoms with E-state index in [1.54, 1.807) is 12.1 Å². The van der Waals surface area contributed by atoms with Crippen LogP contribution in [0.1, 0.15) is 30.1 Å².